The van der Waals surface area contributed by atoms with Gasteiger partial charge in [-0.1, -0.05) is 19.8 Å². The summed E-state index contributed by atoms with van der Waals surface area (Å²) >= 11 is 0. The maximum atomic E-state index is 9.36. The van der Waals surface area contributed by atoms with Crippen LogP contribution in [0, 0.1) is 28.6 Å². The summed E-state index contributed by atoms with van der Waals surface area (Å²) in [5.41, 5.74) is 0. The second-order valence-corrected chi connectivity index (χ2v) is 6.16. The summed E-state index contributed by atoms with van der Waals surface area (Å²) in [4.78, 5) is 12.3. The molecule has 0 radical (unpaired) electrons. The van der Waals surface area contributed by atoms with E-state index in [4.69, 9.17) is 9.64 Å². The van der Waals surface area contributed by atoms with Crippen LogP contribution in [-0.2, 0) is 9.57 Å². The van der Waals surface area contributed by atoms with Crippen molar-refractivity contribution in [1.29, 1.82) is 0 Å². The van der Waals surface area contributed by atoms with E-state index in [1.54, 1.807) is 0 Å². The Bertz CT molecular complexity index is 275. The van der Waals surface area contributed by atoms with Gasteiger partial charge in [0.15, 0.2) is 5.34 Å². The summed E-state index contributed by atoms with van der Waals surface area (Å²) in [5.74, 6) is 2.71. The largest absolute Gasteiger partial charge is 0.396 e. The third-order valence-electron chi connectivity index (χ3n) is 4.88. The van der Waals surface area contributed by atoms with Crippen molar-refractivity contribution in [3.63, 3.8) is 0 Å². The number of hydrogen-bond acceptors (Lipinski definition) is 5. The first kappa shape index (κ1) is 17.4. The number of rotatable bonds is 3. The van der Waals surface area contributed by atoms with Crippen molar-refractivity contribution in [3.8, 4) is 0 Å². The van der Waals surface area contributed by atoms with Gasteiger partial charge in [-0.25, -0.2) is 0 Å². The van der Waals surface area contributed by atoms with E-state index in [1.165, 1.54) is 39.2 Å². The second kappa shape index (κ2) is 9.29. The number of fused-ring (bicyclic) bond motifs is 1. The quantitative estimate of drug-likeness (QED) is 0.639. The van der Waals surface area contributed by atoms with E-state index in [-0.39, 0.29) is 0 Å². The first-order chi connectivity index (χ1) is 9.63. The van der Waals surface area contributed by atoms with Crippen molar-refractivity contribution in [1.82, 2.24) is 0 Å². The van der Waals surface area contributed by atoms with E-state index >= 15 is 0 Å². The van der Waals surface area contributed by atoms with Gasteiger partial charge < -0.3 is 14.7 Å². The third-order valence-corrected chi connectivity index (χ3v) is 4.88. The lowest BCUT2D eigenvalue weighted by Gasteiger charge is -2.39. The fourth-order valence-electron chi connectivity index (χ4n) is 3.66. The zero-order valence-corrected chi connectivity index (χ0v) is 13.0. The Morgan fingerprint density at radius 1 is 1.35 bits per heavy atom. The van der Waals surface area contributed by atoms with Gasteiger partial charge in [0.05, 0.1) is 12.7 Å². The first-order valence-corrected chi connectivity index (χ1v) is 7.72. The number of nitrogens with zero attached hydrogens (tertiary/aromatic N) is 1. The van der Waals surface area contributed by atoms with Gasteiger partial charge in [-0.15, -0.1) is 4.91 Å². The monoisotopic (exact) mass is 287 g/mol. The minimum absolute atomic E-state index is 0.337. The van der Waals surface area contributed by atoms with Crippen LogP contribution in [0.25, 0.3) is 0 Å². The van der Waals surface area contributed by atoms with Gasteiger partial charge >= 0.3 is 0 Å². The van der Waals surface area contributed by atoms with Crippen LogP contribution in [0.5, 0.6) is 0 Å². The highest BCUT2D eigenvalue weighted by Gasteiger charge is 2.37. The van der Waals surface area contributed by atoms with Crippen molar-refractivity contribution < 1.29 is 14.7 Å². The van der Waals surface area contributed by atoms with Gasteiger partial charge in [0.2, 0.25) is 0 Å². The molecule has 0 aromatic rings. The Balaban J connectivity index is 0.000000444. The highest BCUT2D eigenvalue weighted by atomic mass is 16.7. The molecule has 1 aliphatic carbocycles. The molecule has 5 nitrogen and oxygen atoms in total. The Morgan fingerprint density at radius 3 is 2.65 bits per heavy atom. The van der Waals surface area contributed by atoms with Crippen LogP contribution in [0.2, 0.25) is 0 Å². The maximum absolute atomic E-state index is 9.36. The molecule has 2 aliphatic rings. The average Bonchev–Trinajstić information content (AvgIpc) is 2.68. The molecule has 5 atom stereocenters. The van der Waals surface area contributed by atoms with Crippen LogP contribution >= 0.6 is 0 Å². The van der Waals surface area contributed by atoms with E-state index in [0.29, 0.717) is 30.5 Å². The lowest BCUT2D eigenvalue weighted by Crippen LogP contribution is -2.35. The van der Waals surface area contributed by atoms with Crippen molar-refractivity contribution >= 4 is 0 Å². The summed E-state index contributed by atoms with van der Waals surface area (Å²) in [7, 11) is 1.20. The topological polar surface area (TPSA) is 68.1 Å². The van der Waals surface area contributed by atoms with Crippen LogP contribution in [-0.4, -0.2) is 31.5 Å². The Morgan fingerprint density at radius 2 is 2.05 bits per heavy atom. The summed E-state index contributed by atoms with van der Waals surface area (Å²) < 4.78 is 5.92. The normalized spacial score (nSPS) is 34.8. The van der Waals surface area contributed by atoms with Gasteiger partial charge in [0.25, 0.3) is 0 Å². The average molecular weight is 287 g/mol. The van der Waals surface area contributed by atoms with Crippen LogP contribution < -0.4 is 0 Å². The minimum Gasteiger partial charge on any atom is -0.396 e. The molecular formula is C15H29NO4. The molecule has 2 fully saturated rings. The summed E-state index contributed by atoms with van der Waals surface area (Å²) in [6, 6.07) is 0. The summed E-state index contributed by atoms with van der Waals surface area (Å²) in [6.45, 7) is 5.66. The van der Waals surface area contributed by atoms with E-state index < -0.39 is 0 Å². The Labute approximate surface area is 122 Å². The van der Waals surface area contributed by atoms with Crippen molar-refractivity contribution in [2.75, 3.05) is 20.3 Å². The van der Waals surface area contributed by atoms with Gasteiger partial charge in [0, 0.05) is 6.61 Å². The molecule has 5 heteroatoms. The standard InChI is InChI=1S/C14H26O2.CH3NO2/c1-10(8-15)13-5-3-4-12-7-6-11(2)16-9-14(12)13;1-4-2-3/h10-15H,3-9H2,1-2H3;1H3/t10-,11?,12+,13-,14?;/m0./s1. The van der Waals surface area contributed by atoms with Crippen LogP contribution in [0.4, 0.5) is 0 Å². The van der Waals surface area contributed by atoms with Crippen molar-refractivity contribution in [3.05, 3.63) is 4.91 Å². The third kappa shape index (κ3) is 5.02. The van der Waals surface area contributed by atoms with Crippen LogP contribution in [0.1, 0.15) is 46.0 Å². The summed E-state index contributed by atoms with van der Waals surface area (Å²) in [5, 5.41) is 11.3. The van der Waals surface area contributed by atoms with Gasteiger partial charge in [0.1, 0.15) is 7.11 Å². The molecule has 2 rings (SSSR count). The zero-order valence-electron chi connectivity index (χ0n) is 13.0. The molecule has 118 valence electrons. The molecular weight excluding hydrogens is 258 g/mol. The van der Waals surface area contributed by atoms with Crippen molar-refractivity contribution in [2.24, 2.45) is 29.0 Å². The second-order valence-electron chi connectivity index (χ2n) is 6.16. The lowest BCUT2D eigenvalue weighted by atomic mass is 9.67. The first-order valence-electron chi connectivity index (χ1n) is 7.72. The highest BCUT2D eigenvalue weighted by Crippen LogP contribution is 2.43. The fraction of sp³-hybridized carbons (Fsp3) is 1.00. The van der Waals surface area contributed by atoms with E-state index in [1.807, 2.05) is 5.34 Å². The number of ether oxygens (including phenoxy) is 1. The fourth-order valence-corrected chi connectivity index (χ4v) is 3.66. The zero-order chi connectivity index (χ0) is 15.0. The molecule has 1 N–H and O–H groups in total. The Kier molecular flexibility index (Phi) is 8.07. The van der Waals surface area contributed by atoms with Crippen LogP contribution in [0.3, 0.4) is 0 Å². The van der Waals surface area contributed by atoms with E-state index in [2.05, 4.69) is 18.7 Å². The molecule has 0 aromatic heterocycles. The van der Waals surface area contributed by atoms with Crippen molar-refractivity contribution in [2.45, 2.75) is 52.1 Å². The lowest BCUT2D eigenvalue weighted by molar-refractivity contribution is -0.00215. The number of hydrogen-bond donors (Lipinski definition) is 1. The molecule has 0 bridgehead atoms. The maximum Gasteiger partial charge on any atom is 0.154 e. The molecule has 0 aromatic carbocycles. The molecule has 1 saturated carbocycles. The number of aliphatic hydroxyl groups excluding tert-OH is 1. The molecule has 1 aliphatic heterocycles. The summed E-state index contributed by atoms with van der Waals surface area (Å²) in [6.07, 6.45) is 7.03. The van der Waals surface area contributed by atoms with E-state index in [9.17, 15) is 5.11 Å². The molecule has 1 saturated heterocycles. The molecule has 20 heavy (non-hydrogen) atoms. The Hall–Kier alpha value is -0.680. The predicted molar refractivity (Wildman–Crippen MR) is 78.0 cm³/mol. The SMILES string of the molecule is CC1CC[C@H]2CCC[C@@H]([C@@H](C)CO)C2CO1.CON=O. The minimum atomic E-state index is 0.337. The molecule has 2 unspecified atom stereocenters. The smallest absolute Gasteiger partial charge is 0.154 e. The van der Waals surface area contributed by atoms with Crippen LogP contribution in [0.15, 0.2) is 5.34 Å². The molecule has 1 heterocycles. The van der Waals surface area contributed by atoms with Gasteiger partial charge in [-0.05, 0) is 49.9 Å². The number of aliphatic hydroxyl groups is 1. The highest BCUT2D eigenvalue weighted by molar-refractivity contribution is 4.86. The van der Waals surface area contributed by atoms with E-state index in [0.717, 1.165) is 12.5 Å². The molecule has 0 amide bonds. The van der Waals surface area contributed by atoms with Gasteiger partial charge in [-0.2, -0.15) is 0 Å². The predicted octanol–water partition coefficient (Wildman–Crippen LogP) is 3.16. The molecule has 0 spiro atoms. The van der Waals surface area contributed by atoms with Gasteiger partial charge in [-0.3, -0.25) is 0 Å².